The molecule has 0 saturated carbocycles. The molecule has 3 N–H and O–H groups in total. The number of benzene rings is 1. The van der Waals surface area contributed by atoms with Crippen LogP contribution >= 0.6 is 0 Å². The number of rotatable bonds is 6. The fraction of sp³-hybridized carbons (Fsp3) is 0.350. The first-order valence-electron chi connectivity index (χ1n) is 9.40. The fourth-order valence-electron chi connectivity index (χ4n) is 3.68. The third-order valence-electron chi connectivity index (χ3n) is 5.07. The fourth-order valence-corrected chi connectivity index (χ4v) is 3.68. The van der Waals surface area contributed by atoms with Crippen molar-refractivity contribution in [2.45, 2.75) is 26.3 Å². The number of para-hydroxylation sites is 1. The Morgan fingerprint density at radius 3 is 3.04 bits per heavy atom. The molecule has 0 aliphatic carbocycles. The van der Waals surface area contributed by atoms with E-state index in [1.54, 1.807) is 12.3 Å². The van der Waals surface area contributed by atoms with E-state index in [9.17, 15) is 4.79 Å². The molecule has 0 bridgehead atoms. The molecular weight excluding hydrogens is 340 g/mol. The summed E-state index contributed by atoms with van der Waals surface area (Å²) in [5, 5.41) is 2.98. The zero-order valence-electron chi connectivity index (χ0n) is 15.5. The van der Waals surface area contributed by atoms with E-state index in [-0.39, 0.29) is 5.91 Å². The van der Waals surface area contributed by atoms with Gasteiger partial charge in [0, 0.05) is 38.1 Å². The molecule has 27 heavy (non-hydrogen) atoms. The standard InChI is InChI=1S/C20H24N6O/c1-2-26-18-16(24-20(26)21)12-15(13-23-18)19(27)22-9-5-10-25-11-8-14-6-3-4-7-17(14)25/h3-4,6-7,12-13H,2,5,8-11H2,1H3,(H2,21,24)(H,22,27). The highest BCUT2D eigenvalue weighted by Gasteiger charge is 2.17. The number of aryl methyl sites for hydroxylation is 1. The predicted octanol–water partition coefficient (Wildman–Crippen LogP) is 2.22. The minimum atomic E-state index is -0.129. The number of hydrogen-bond donors (Lipinski definition) is 2. The number of aromatic nitrogens is 3. The summed E-state index contributed by atoms with van der Waals surface area (Å²) in [4.78, 5) is 23.4. The molecule has 0 atom stereocenters. The number of fused-ring (bicyclic) bond motifs is 2. The summed E-state index contributed by atoms with van der Waals surface area (Å²) in [5.41, 5.74) is 10.5. The van der Waals surface area contributed by atoms with Gasteiger partial charge >= 0.3 is 0 Å². The summed E-state index contributed by atoms with van der Waals surface area (Å²) in [6.07, 6.45) is 3.58. The largest absolute Gasteiger partial charge is 0.371 e. The van der Waals surface area contributed by atoms with Gasteiger partial charge in [0.05, 0.1) is 5.56 Å². The molecule has 1 aliphatic heterocycles. The topological polar surface area (TPSA) is 89.1 Å². The molecule has 3 aromatic rings. The third kappa shape index (κ3) is 3.32. The highest BCUT2D eigenvalue weighted by Crippen LogP contribution is 2.27. The second-order valence-electron chi connectivity index (χ2n) is 6.76. The zero-order valence-corrected chi connectivity index (χ0v) is 15.5. The van der Waals surface area contributed by atoms with E-state index in [0.717, 1.165) is 25.9 Å². The van der Waals surface area contributed by atoms with Crippen LogP contribution < -0.4 is 16.0 Å². The molecule has 1 amide bonds. The van der Waals surface area contributed by atoms with Gasteiger partial charge in [0.1, 0.15) is 5.52 Å². The van der Waals surface area contributed by atoms with E-state index in [0.29, 0.717) is 35.8 Å². The average molecular weight is 364 g/mol. The van der Waals surface area contributed by atoms with Crippen LogP contribution in [0, 0.1) is 0 Å². The van der Waals surface area contributed by atoms with Crippen LogP contribution in [-0.4, -0.2) is 40.1 Å². The third-order valence-corrected chi connectivity index (χ3v) is 5.07. The summed E-state index contributed by atoms with van der Waals surface area (Å²) >= 11 is 0. The van der Waals surface area contributed by atoms with Gasteiger partial charge in [-0.25, -0.2) is 9.97 Å². The molecule has 1 aromatic carbocycles. The number of amides is 1. The average Bonchev–Trinajstić information content (AvgIpc) is 3.24. The maximum atomic E-state index is 12.4. The zero-order chi connectivity index (χ0) is 18.8. The predicted molar refractivity (Wildman–Crippen MR) is 107 cm³/mol. The Balaban J connectivity index is 1.33. The highest BCUT2D eigenvalue weighted by atomic mass is 16.1. The molecule has 0 radical (unpaired) electrons. The van der Waals surface area contributed by atoms with Crippen molar-refractivity contribution < 1.29 is 4.79 Å². The van der Waals surface area contributed by atoms with Crippen molar-refractivity contribution in [1.29, 1.82) is 0 Å². The molecule has 7 heteroatoms. The second kappa shape index (κ2) is 7.26. The van der Waals surface area contributed by atoms with Crippen molar-refractivity contribution >= 4 is 28.7 Å². The lowest BCUT2D eigenvalue weighted by Crippen LogP contribution is -2.29. The van der Waals surface area contributed by atoms with Crippen molar-refractivity contribution in [3.8, 4) is 0 Å². The molecule has 2 aromatic heterocycles. The lowest BCUT2D eigenvalue weighted by atomic mass is 10.2. The van der Waals surface area contributed by atoms with Gasteiger partial charge in [0.25, 0.3) is 5.91 Å². The molecule has 0 fully saturated rings. The molecule has 140 valence electrons. The Morgan fingerprint density at radius 2 is 2.19 bits per heavy atom. The highest BCUT2D eigenvalue weighted by molar-refractivity contribution is 5.96. The van der Waals surface area contributed by atoms with Gasteiger partial charge in [-0.05, 0) is 37.5 Å². The Bertz CT molecular complexity index is 980. The number of pyridine rings is 1. The molecular formula is C20H24N6O. The van der Waals surface area contributed by atoms with Gasteiger partial charge in [-0.1, -0.05) is 18.2 Å². The van der Waals surface area contributed by atoms with Gasteiger partial charge in [-0.15, -0.1) is 0 Å². The van der Waals surface area contributed by atoms with Crippen LogP contribution in [0.4, 0.5) is 11.6 Å². The second-order valence-corrected chi connectivity index (χ2v) is 6.76. The van der Waals surface area contributed by atoms with Gasteiger partial charge < -0.3 is 16.0 Å². The van der Waals surface area contributed by atoms with E-state index in [1.807, 2.05) is 11.5 Å². The van der Waals surface area contributed by atoms with Crippen LogP contribution in [-0.2, 0) is 13.0 Å². The monoisotopic (exact) mass is 364 g/mol. The Morgan fingerprint density at radius 1 is 1.33 bits per heavy atom. The summed E-state index contributed by atoms with van der Waals surface area (Å²) < 4.78 is 1.82. The SMILES string of the molecule is CCn1c(N)nc2cc(C(=O)NCCCN3CCc4ccccc43)cnc21. The van der Waals surface area contributed by atoms with Gasteiger partial charge in [-0.3, -0.25) is 9.36 Å². The van der Waals surface area contributed by atoms with Crippen molar-refractivity contribution in [3.63, 3.8) is 0 Å². The lowest BCUT2D eigenvalue weighted by Gasteiger charge is -2.19. The number of nitrogen functional groups attached to an aromatic ring is 1. The summed E-state index contributed by atoms with van der Waals surface area (Å²) in [6, 6.07) is 10.3. The summed E-state index contributed by atoms with van der Waals surface area (Å²) in [7, 11) is 0. The number of carbonyl (C=O) groups is 1. The van der Waals surface area contributed by atoms with Crippen LogP contribution in [0.2, 0.25) is 0 Å². The number of carbonyl (C=O) groups excluding carboxylic acids is 1. The van der Waals surface area contributed by atoms with Crippen molar-refractivity contribution in [3.05, 3.63) is 47.7 Å². The minimum Gasteiger partial charge on any atom is -0.371 e. The number of imidazole rings is 1. The molecule has 0 saturated heterocycles. The van der Waals surface area contributed by atoms with Crippen LogP contribution in [0.15, 0.2) is 36.5 Å². The van der Waals surface area contributed by atoms with Crippen LogP contribution in [0.5, 0.6) is 0 Å². The Kier molecular flexibility index (Phi) is 4.66. The van der Waals surface area contributed by atoms with Crippen molar-refractivity contribution in [2.75, 3.05) is 30.3 Å². The van der Waals surface area contributed by atoms with Crippen LogP contribution in [0.25, 0.3) is 11.2 Å². The van der Waals surface area contributed by atoms with E-state index >= 15 is 0 Å². The Labute approximate surface area is 158 Å². The Hall–Kier alpha value is -3.09. The van der Waals surface area contributed by atoms with Crippen LogP contribution in [0.3, 0.4) is 0 Å². The maximum absolute atomic E-state index is 12.4. The van der Waals surface area contributed by atoms with Gasteiger partial charge in [0.15, 0.2) is 5.65 Å². The van der Waals surface area contributed by atoms with Crippen molar-refractivity contribution in [1.82, 2.24) is 19.9 Å². The molecule has 0 unspecified atom stereocenters. The molecule has 0 spiro atoms. The van der Waals surface area contributed by atoms with E-state index in [2.05, 4.69) is 44.5 Å². The van der Waals surface area contributed by atoms with Gasteiger partial charge in [-0.2, -0.15) is 0 Å². The lowest BCUT2D eigenvalue weighted by molar-refractivity contribution is 0.0953. The summed E-state index contributed by atoms with van der Waals surface area (Å²) in [6.45, 7) is 5.29. The number of hydrogen-bond acceptors (Lipinski definition) is 5. The molecule has 1 aliphatic rings. The maximum Gasteiger partial charge on any atom is 0.252 e. The van der Waals surface area contributed by atoms with E-state index in [4.69, 9.17) is 5.73 Å². The van der Waals surface area contributed by atoms with Gasteiger partial charge in [0.2, 0.25) is 5.95 Å². The minimum absolute atomic E-state index is 0.129. The van der Waals surface area contributed by atoms with E-state index in [1.165, 1.54) is 11.3 Å². The first-order chi connectivity index (χ1) is 13.2. The normalized spacial score (nSPS) is 13.1. The first kappa shape index (κ1) is 17.3. The quantitative estimate of drug-likeness (QED) is 0.655. The number of nitrogens with two attached hydrogens (primary N) is 1. The first-order valence-corrected chi connectivity index (χ1v) is 9.40. The number of anilines is 2. The van der Waals surface area contributed by atoms with E-state index < -0.39 is 0 Å². The molecule has 7 nitrogen and oxygen atoms in total. The van der Waals surface area contributed by atoms with Crippen LogP contribution in [0.1, 0.15) is 29.3 Å². The molecule has 3 heterocycles. The van der Waals surface area contributed by atoms with Crippen molar-refractivity contribution in [2.24, 2.45) is 0 Å². The number of nitrogens with one attached hydrogen (secondary N) is 1. The summed E-state index contributed by atoms with van der Waals surface area (Å²) in [5.74, 6) is 0.291. The number of nitrogens with zero attached hydrogens (tertiary/aromatic N) is 4. The smallest absolute Gasteiger partial charge is 0.252 e. The molecule has 4 rings (SSSR count).